The van der Waals surface area contributed by atoms with Crippen LogP contribution in [0.3, 0.4) is 0 Å². The summed E-state index contributed by atoms with van der Waals surface area (Å²) in [7, 11) is 0. The fraction of sp³-hybridized carbons (Fsp3) is 0.455. The van der Waals surface area contributed by atoms with E-state index in [-0.39, 0.29) is 5.82 Å². The molecule has 1 atom stereocenters. The number of rotatable bonds is 0. The zero-order valence-electron chi connectivity index (χ0n) is 8.23. The second-order valence-corrected chi connectivity index (χ2v) is 5.07. The van der Waals surface area contributed by atoms with E-state index in [9.17, 15) is 4.39 Å². The maximum Gasteiger partial charge on any atom is 0.169 e. The molecule has 1 aliphatic heterocycles. The average molecular weight is 306 g/mol. The van der Waals surface area contributed by atoms with Crippen molar-refractivity contribution in [3.05, 3.63) is 26.6 Å². The maximum absolute atomic E-state index is 13.7. The van der Waals surface area contributed by atoms with Crippen LogP contribution in [0.2, 0.25) is 0 Å². The molecule has 0 amide bonds. The highest BCUT2D eigenvalue weighted by Gasteiger charge is 2.22. The predicted octanol–water partition coefficient (Wildman–Crippen LogP) is 3.31. The Kier molecular flexibility index (Phi) is 2.68. The second-order valence-electron chi connectivity index (χ2n) is 3.91. The quantitative estimate of drug-likeness (QED) is 0.668. The standard InChI is InChI=1S/C11H12FIO/c1-6-3-8-4-9(13)7(2)10(12)11(8)14-5-6/h4,6H,3,5H2,1-2H3. The Morgan fingerprint density at radius 1 is 1.57 bits per heavy atom. The van der Waals surface area contributed by atoms with E-state index in [2.05, 4.69) is 29.5 Å². The first kappa shape index (κ1) is 10.2. The van der Waals surface area contributed by atoms with Gasteiger partial charge in [0, 0.05) is 9.13 Å². The summed E-state index contributed by atoms with van der Waals surface area (Å²) < 4.78 is 20.1. The van der Waals surface area contributed by atoms with Crippen LogP contribution in [0.4, 0.5) is 4.39 Å². The summed E-state index contributed by atoms with van der Waals surface area (Å²) in [5.74, 6) is 0.778. The smallest absolute Gasteiger partial charge is 0.169 e. The molecule has 14 heavy (non-hydrogen) atoms. The summed E-state index contributed by atoms with van der Waals surface area (Å²) in [4.78, 5) is 0. The third-order valence-corrected chi connectivity index (χ3v) is 3.68. The molecule has 76 valence electrons. The lowest BCUT2D eigenvalue weighted by atomic mass is 9.97. The molecule has 1 nitrogen and oxygen atoms in total. The van der Waals surface area contributed by atoms with Crippen molar-refractivity contribution in [2.45, 2.75) is 20.3 Å². The van der Waals surface area contributed by atoms with Gasteiger partial charge in [0.1, 0.15) is 0 Å². The van der Waals surface area contributed by atoms with Gasteiger partial charge >= 0.3 is 0 Å². The van der Waals surface area contributed by atoms with E-state index in [4.69, 9.17) is 4.74 Å². The van der Waals surface area contributed by atoms with E-state index in [0.717, 1.165) is 15.6 Å². The fourth-order valence-corrected chi connectivity index (χ4v) is 2.32. The van der Waals surface area contributed by atoms with Crippen molar-refractivity contribution in [2.24, 2.45) is 5.92 Å². The number of hydrogen-bond donors (Lipinski definition) is 0. The van der Waals surface area contributed by atoms with Crippen LogP contribution in [0.25, 0.3) is 0 Å². The third kappa shape index (κ3) is 1.62. The summed E-state index contributed by atoms with van der Waals surface area (Å²) in [5.41, 5.74) is 1.70. The van der Waals surface area contributed by atoms with Crippen molar-refractivity contribution >= 4 is 22.6 Å². The van der Waals surface area contributed by atoms with Gasteiger partial charge < -0.3 is 4.74 Å². The molecule has 3 heteroatoms. The van der Waals surface area contributed by atoms with E-state index in [1.165, 1.54) is 0 Å². The van der Waals surface area contributed by atoms with E-state index in [0.29, 0.717) is 23.8 Å². The van der Waals surface area contributed by atoms with Crippen LogP contribution in [0.15, 0.2) is 6.07 Å². The lowest BCUT2D eigenvalue weighted by Gasteiger charge is -2.24. The Hall–Kier alpha value is -0.320. The Labute approximate surface area is 96.8 Å². The lowest BCUT2D eigenvalue weighted by Crippen LogP contribution is -2.19. The van der Waals surface area contributed by atoms with E-state index in [1.54, 1.807) is 6.92 Å². The van der Waals surface area contributed by atoms with E-state index in [1.807, 2.05) is 6.07 Å². The van der Waals surface area contributed by atoms with Gasteiger partial charge in [-0.05, 0) is 53.5 Å². The summed E-state index contributed by atoms with van der Waals surface area (Å²) in [6.45, 7) is 4.54. The average Bonchev–Trinajstić information content (AvgIpc) is 2.14. The van der Waals surface area contributed by atoms with Gasteiger partial charge in [-0.3, -0.25) is 0 Å². The molecule has 0 saturated carbocycles. The van der Waals surface area contributed by atoms with Gasteiger partial charge in [-0.2, -0.15) is 0 Å². The number of fused-ring (bicyclic) bond motifs is 1. The fourth-order valence-electron chi connectivity index (χ4n) is 1.71. The molecule has 0 spiro atoms. The molecule has 0 N–H and O–H groups in total. The minimum Gasteiger partial charge on any atom is -0.490 e. The highest BCUT2D eigenvalue weighted by atomic mass is 127. The molecule has 0 fully saturated rings. The highest BCUT2D eigenvalue weighted by molar-refractivity contribution is 14.1. The van der Waals surface area contributed by atoms with Crippen LogP contribution < -0.4 is 4.74 Å². The first-order valence-electron chi connectivity index (χ1n) is 4.70. The normalized spacial score (nSPS) is 20.1. The van der Waals surface area contributed by atoms with Crippen molar-refractivity contribution in [3.63, 3.8) is 0 Å². The molecular formula is C11H12FIO. The Morgan fingerprint density at radius 3 is 3.00 bits per heavy atom. The van der Waals surface area contributed by atoms with Crippen molar-refractivity contribution in [3.8, 4) is 5.75 Å². The van der Waals surface area contributed by atoms with Gasteiger partial charge in [-0.1, -0.05) is 6.92 Å². The molecule has 0 bridgehead atoms. The molecule has 0 saturated heterocycles. The molecule has 0 aromatic heterocycles. The molecule has 1 heterocycles. The van der Waals surface area contributed by atoms with Crippen molar-refractivity contribution in [1.82, 2.24) is 0 Å². The third-order valence-electron chi connectivity index (χ3n) is 2.56. The van der Waals surface area contributed by atoms with Crippen molar-refractivity contribution in [2.75, 3.05) is 6.61 Å². The molecule has 1 aromatic rings. The SMILES string of the molecule is Cc1c(I)cc2c(c1F)OCC(C)C2. The monoisotopic (exact) mass is 306 g/mol. The number of benzene rings is 1. The summed E-state index contributed by atoms with van der Waals surface area (Å²) in [5, 5.41) is 0. The topological polar surface area (TPSA) is 9.23 Å². The molecule has 0 radical (unpaired) electrons. The van der Waals surface area contributed by atoms with Crippen LogP contribution in [0, 0.1) is 22.2 Å². The zero-order chi connectivity index (χ0) is 10.3. The lowest BCUT2D eigenvalue weighted by molar-refractivity contribution is 0.222. The van der Waals surface area contributed by atoms with Gasteiger partial charge in [0.15, 0.2) is 11.6 Å². The number of hydrogen-bond acceptors (Lipinski definition) is 1. The van der Waals surface area contributed by atoms with Crippen LogP contribution in [-0.4, -0.2) is 6.61 Å². The van der Waals surface area contributed by atoms with Crippen LogP contribution >= 0.6 is 22.6 Å². The largest absolute Gasteiger partial charge is 0.490 e. The molecule has 0 aliphatic carbocycles. The van der Waals surface area contributed by atoms with E-state index >= 15 is 0 Å². The van der Waals surface area contributed by atoms with Crippen molar-refractivity contribution < 1.29 is 9.13 Å². The van der Waals surface area contributed by atoms with Gasteiger partial charge in [0.2, 0.25) is 0 Å². The molecule has 1 aliphatic rings. The molecule has 1 aromatic carbocycles. The highest BCUT2D eigenvalue weighted by Crippen LogP contribution is 2.34. The van der Waals surface area contributed by atoms with Crippen molar-refractivity contribution in [1.29, 1.82) is 0 Å². The molecular weight excluding hydrogens is 294 g/mol. The molecule has 2 rings (SSSR count). The Morgan fingerprint density at radius 2 is 2.29 bits per heavy atom. The minimum atomic E-state index is -0.182. The first-order chi connectivity index (χ1) is 6.59. The number of ether oxygens (including phenoxy) is 1. The Bertz CT molecular complexity index is 376. The van der Waals surface area contributed by atoms with Gasteiger partial charge in [-0.15, -0.1) is 0 Å². The van der Waals surface area contributed by atoms with Crippen LogP contribution in [-0.2, 0) is 6.42 Å². The van der Waals surface area contributed by atoms with Crippen LogP contribution in [0.1, 0.15) is 18.1 Å². The summed E-state index contributed by atoms with van der Waals surface area (Å²) in [6, 6.07) is 2.03. The summed E-state index contributed by atoms with van der Waals surface area (Å²) >= 11 is 2.17. The van der Waals surface area contributed by atoms with Crippen LogP contribution in [0.5, 0.6) is 5.75 Å². The molecule has 1 unspecified atom stereocenters. The maximum atomic E-state index is 13.7. The van der Waals surface area contributed by atoms with Gasteiger partial charge in [0.25, 0.3) is 0 Å². The van der Waals surface area contributed by atoms with Gasteiger partial charge in [0.05, 0.1) is 6.61 Å². The summed E-state index contributed by atoms with van der Waals surface area (Å²) in [6.07, 6.45) is 0.919. The Balaban J connectivity index is 2.54. The number of halogens is 2. The predicted molar refractivity (Wildman–Crippen MR) is 62.2 cm³/mol. The first-order valence-corrected chi connectivity index (χ1v) is 5.77. The minimum absolute atomic E-state index is 0.182. The van der Waals surface area contributed by atoms with Gasteiger partial charge in [-0.25, -0.2) is 4.39 Å². The van der Waals surface area contributed by atoms with E-state index < -0.39 is 0 Å². The zero-order valence-corrected chi connectivity index (χ0v) is 10.4. The second kappa shape index (κ2) is 3.68.